The Morgan fingerprint density at radius 1 is 1.38 bits per heavy atom. The van der Waals surface area contributed by atoms with Crippen LogP contribution in [0.5, 0.6) is 0 Å². The summed E-state index contributed by atoms with van der Waals surface area (Å²) in [4.78, 5) is 37.7. The summed E-state index contributed by atoms with van der Waals surface area (Å²) in [6.07, 6.45) is 3.89. The quantitative estimate of drug-likeness (QED) is 0.768. The first-order chi connectivity index (χ1) is 13.8. The molecule has 0 radical (unpaired) electrons. The van der Waals surface area contributed by atoms with Gasteiger partial charge in [-0.2, -0.15) is 0 Å². The van der Waals surface area contributed by atoms with Crippen molar-refractivity contribution in [1.82, 2.24) is 25.5 Å². The van der Waals surface area contributed by atoms with Crippen molar-refractivity contribution in [2.75, 3.05) is 32.1 Å². The summed E-state index contributed by atoms with van der Waals surface area (Å²) >= 11 is 0. The van der Waals surface area contributed by atoms with Crippen LogP contribution in [-0.4, -0.2) is 60.0 Å². The molecule has 0 spiro atoms. The minimum absolute atomic E-state index is 0.0105. The number of anilines is 1. The lowest BCUT2D eigenvalue weighted by atomic mass is 9.99. The highest BCUT2D eigenvalue weighted by molar-refractivity contribution is 5.95. The van der Waals surface area contributed by atoms with Gasteiger partial charge in [-0.05, 0) is 32.4 Å². The van der Waals surface area contributed by atoms with Crippen LogP contribution in [-0.2, 0) is 6.54 Å². The Balaban J connectivity index is 1.74. The van der Waals surface area contributed by atoms with Gasteiger partial charge in [0.15, 0.2) is 0 Å². The molecule has 3 heterocycles. The number of carbonyl (C=O) groups excluding carboxylic acids is 2. The lowest BCUT2D eigenvalue weighted by Crippen LogP contribution is -2.38. The number of rotatable bonds is 6. The van der Waals surface area contributed by atoms with Crippen LogP contribution in [0.25, 0.3) is 0 Å². The van der Waals surface area contributed by atoms with Crippen LogP contribution in [0.1, 0.15) is 48.0 Å². The molecule has 156 valence electrons. The molecule has 29 heavy (non-hydrogen) atoms. The van der Waals surface area contributed by atoms with Crippen LogP contribution >= 0.6 is 0 Å². The Morgan fingerprint density at radius 3 is 2.83 bits per heavy atom. The third-order valence-electron chi connectivity index (χ3n) is 4.73. The molecule has 1 fully saturated rings. The first kappa shape index (κ1) is 20.6. The summed E-state index contributed by atoms with van der Waals surface area (Å²) in [7, 11) is 3.71. The Morgan fingerprint density at radius 2 is 2.17 bits per heavy atom. The lowest BCUT2D eigenvalue weighted by molar-refractivity contribution is 0.0941. The van der Waals surface area contributed by atoms with E-state index in [2.05, 4.69) is 20.6 Å². The second-order valence-electron chi connectivity index (χ2n) is 7.66. The molecular formula is C20H28N6O3. The molecule has 1 saturated heterocycles. The number of nitrogens with zero attached hydrogens (tertiary/aromatic N) is 4. The Kier molecular flexibility index (Phi) is 6.36. The summed E-state index contributed by atoms with van der Waals surface area (Å²) in [5, 5.41) is 5.77. The summed E-state index contributed by atoms with van der Waals surface area (Å²) in [6.45, 7) is 5.25. The fraction of sp³-hybridized carbons (Fsp3) is 0.500. The number of urea groups is 1. The van der Waals surface area contributed by atoms with Gasteiger partial charge in [-0.15, -0.1) is 0 Å². The molecule has 3 amide bonds. The van der Waals surface area contributed by atoms with Gasteiger partial charge in [-0.1, -0.05) is 0 Å². The number of likely N-dealkylation sites (tertiary alicyclic amines) is 1. The standard InChI is InChI=1S/C20H28N6O3/c1-13(2)23-18(27)16-11-21-19(25(3)4)24-17(16)14-7-8-26(12-14)20(28)22-10-15-6-5-9-29-15/h5-6,9,11,13-14H,7-8,10,12H2,1-4H3,(H,22,28)(H,23,27). The van der Waals surface area contributed by atoms with Crippen LogP contribution < -0.4 is 15.5 Å². The zero-order valence-corrected chi connectivity index (χ0v) is 17.3. The van der Waals surface area contributed by atoms with Gasteiger partial charge in [0, 0.05) is 45.3 Å². The highest BCUT2D eigenvalue weighted by atomic mass is 16.3. The molecule has 2 aromatic heterocycles. The third-order valence-corrected chi connectivity index (χ3v) is 4.73. The second-order valence-corrected chi connectivity index (χ2v) is 7.66. The smallest absolute Gasteiger partial charge is 0.317 e. The average molecular weight is 400 g/mol. The van der Waals surface area contributed by atoms with E-state index in [-0.39, 0.29) is 23.9 Å². The zero-order valence-electron chi connectivity index (χ0n) is 17.3. The SMILES string of the molecule is CC(C)NC(=O)c1cnc(N(C)C)nc1C1CCN(C(=O)NCc2ccco2)C1. The van der Waals surface area contributed by atoms with Gasteiger partial charge in [-0.3, -0.25) is 4.79 Å². The van der Waals surface area contributed by atoms with Gasteiger partial charge < -0.3 is 24.9 Å². The van der Waals surface area contributed by atoms with Gasteiger partial charge in [0.1, 0.15) is 5.76 Å². The maximum atomic E-state index is 12.7. The zero-order chi connectivity index (χ0) is 21.0. The second kappa shape index (κ2) is 8.93. The largest absolute Gasteiger partial charge is 0.467 e. The Labute approximate surface area is 170 Å². The van der Waals surface area contributed by atoms with Gasteiger partial charge in [0.25, 0.3) is 5.91 Å². The van der Waals surface area contributed by atoms with Crippen molar-refractivity contribution in [2.45, 2.75) is 38.8 Å². The summed E-state index contributed by atoms with van der Waals surface area (Å²) in [5.74, 6) is 1.02. The Hall–Kier alpha value is -3.10. The molecule has 1 aliphatic rings. The van der Waals surface area contributed by atoms with Crippen molar-refractivity contribution in [3.8, 4) is 0 Å². The van der Waals surface area contributed by atoms with Crippen molar-refractivity contribution in [3.63, 3.8) is 0 Å². The number of hydrogen-bond acceptors (Lipinski definition) is 6. The molecule has 2 aromatic rings. The molecule has 1 aliphatic heterocycles. The van der Waals surface area contributed by atoms with Crippen LogP contribution in [0.2, 0.25) is 0 Å². The molecule has 1 atom stereocenters. The monoisotopic (exact) mass is 400 g/mol. The van der Waals surface area contributed by atoms with E-state index < -0.39 is 0 Å². The molecule has 0 saturated carbocycles. The first-order valence-corrected chi connectivity index (χ1v) is 9.75. The van der Waals surface area contributed by atoms with Crippen molar-refractivity contribution in [2.24, 2.45) is 0 Å². The molecule has 0 bridgehead atoms. The fourth-order valence-corrected chi connectivity index (χ4v) is 3.28. The van der Waals surface area contributed by atoms with E-state index in [4.69, 9.17) is 4.42 Å². The number of amides is 3. The van der Waals surface area contributed by atoms with Crippen LogP contribution in [0.3, 0.4) is 0 Å². The fourth-order valence-electron chi connectivity index (χ4n) is 3.28. The van der Waals surface area contributed by atoms with E-state index >= 15 is 0 Å². The van der Waals surface area contributed by atoms with E-state index in [1.165, 1.54) is 0 Å². The Bertz CT molecular complexity index is 850. The first-order valence-electron chi connectivity index (χ1n) is 9.75. The highest BCUT2D eigenvalue weighted by Gasteiger charge is 2.32. The van der Waals surface area contributed by atoms with Crippen molar-refractivity contribution in [3.05, 3.63) is 41.6 Å². The van der Waals surface area contributed by atoms with Crippen LogP contribution in [0.15, 0.2) is 29.0 Å². The average Bonchev–Trinajstić information content (AvgIpc) is 3.37. The van der Waals surface area contributed by atoms with Gasteiger partial charge >= 0.3 is 6.03 Å². The molecule has 3 rings (SSSR count). The predicted octanol–water partition coefficient (Wildman–Crippen LogP) is 1.97. The molecular weight excluding hydrogens is 372 g/mol. The van der Waals surface area contributed by atoms with E-state index in [1.807, 2.05) is 34.0 Å². The van der Waals surface area contributed by atoms with Crippen LogP contribution in [0, 0.1) is 0 Å². The molecule has 0 aliphatic carbocycles. The number of furan rings is 1. The number of nitrogens with one attached hydrogen (secondary N) is 2. The topological polar surface area (TPSA) is 104 Å². The normalized spacial score (nSPS) is 16.2. The van der Waals surface area contributed by atoms with E-state index in [0.717, 1.165) is 6.42 Å². The molecule has 0 aromatic carbocycles. The molecule has 9 nitrogen and oxygen atoms in total. The van der Waals surface area contributed by atoms with Crippen molar-refractivity contribution >= 4 is 17.9 Å². The van der Waals surface area contributed by atoms with Crippen LogP contribution in [0.4, 0.5) is 10.7 Å². The van der Waals surface area contributed by atoms with Gasteiger partial charge in [0.05, 0.1) is 24.1 Å². The number of hydrogen-bond donors (Lipinski definition) is 2. The van der Waals surface area contributed by atoms with Gasteiger partial charge in [0.2, 0.25) is 5.95 Å². The van der Waals surface area contributed by atoms with Crippen molar-refractivity contribution in [1.29, 1.82) is 0 Å². The summed E-state index contributed by atoms with van der Waals surface area (Å²) in [6, 6.07) is 3.46. The van der Waals surface area contributed by atoms with E-state index in [9.17, 15) is 9.59 Å². The van der Waals surface area contributed by atoms with E-state index in [1.54, 1.807) is 28.3 Å². The highest BCUT2D eigenvalue weighted by Crippen LogP contribution is 2.29. The molecule has 1 unspecified atom stereocenters. The maximum absolute atomic E-state index is 12.7. The number of carbonyl (C=O) groups is 2. The minimum atomic E-state index is -0.193. The lowest BCUT2D eigenvalue weighted by Gasteiger charge is -2.20. The summed E-state index contributed by atoms with van der Waals surface area (Å²) in [5.41, 5.74) is 1.15. The van der Waals surface area contributed by atoms with Gasteiger partial charge in [-0.25, -0.2) is 14.8 Å². The third kappa shape index (κ3) is 5.04. The predicted molar refractivity (Wildman–Crippen MR) is 109 cm³/mol. The molecule has 2 N–H and O–H groups in total. The molecule has 9 heteroatoms. The minimum Gasteiger partial charge on any atom is -0.467 e. The van der Waals surface area contributed by atoms with Crippen molar-refractivity contribution < 1.29 is 14.0 Å². The van der Waals surface area contributed by atoms with E-state index in [0.29, 0.717) is 42.6 Å². The summed E-state index contributed by atoms with van der Waals surface area (Å²) < 4.78 is 5.25. The number of aromatic nitrogens is 2. The maximum Gasteiger partial charge on any atom is 0.317 e.